The highest BCUT2D eigenvalue weighted by Gasteiger charge is 2.48. The maximum absolute atomic E-state index is 14.8. The molecule has 2 aromatic carbocycles. The van der Waals surface area contributed by atoms with Crippen LogP contribution >= 0.6 is 11.6 Å². The molecule has 1 aromatic heterocycles. The number of halogens is 5. The van der Waals surface area contributed by atoms with Crippen molar-refractivity contribution in [3.05, 3.63) is 88.6 Å². The summed E-state index contributed by atoms with van der Waals surface area (Å²) in [6.45, 7) is 0.629. The molecule has 2 aliphatic rings. The Kier molecular flexibility index (Phi) is 9.57. The van der Waals surface area contributed by atoms with Crippen molar-refractivity contribution < 1.29 is 32.3 Å². The summed E-state index contributed by atoms with van der Waals surface area (Å²) in [6.07, 6.45) is 0.192. The second-order valence-corrected chi connectivity index (χ2v) is 11.4. The SMILES string of the molecule is N#Cc1ccnc(N2CCN(CCO)C[C@H]2C(=O)N(c2cc(F)cc(F)c2)[C@H](C(=O)NC2CC(F)(F)C2)c2ccccc2Cl)c1. The van der Waals surface area contributed by atoms with Crippen LogP contribution in [0.2, 0.25) is 5.02 Å². The number of nitrogens with zero attached hydrogens (tertiary/aromatic N) is 5. The quantitative estimate of drug-likeness (QED) is 0.338. The van der Waals surface area contributed by atoms with E-state index in [2.05, 4.69) is 10.3 Å². The topological polar surface area (TPSA) is 113 Å². The number of β-amino-alcohol motifs (C(OH)–C–C–N with tert-alkyl or cyclic N) is 1. The van der Waals surface area contributed by atoms with E-state index in [1.54, 1.807) is 21.9 Å². The smallest absolute Gasteiger partial charge is 0.252 e. The molecule has 3 aromatic rings. The Hall–Kier alpha value is -4.25. The number of anilines is 2. The highest BCUT2D eigenvalue weighted by Crippen LogP contribution is 2.39. The Morgan fingerprint density at radius 1 is 1.13 bits per heavy atom. The number of nitriles is 1. The van der Waals surface area contributed by atoms with Crippen molar-refractivity contribution in [3.8, 4) is 6.07 Å². The Morgan fingerprint density at radius 3 is 2.49 bits per heavy atom. The van der Waals surface area contributed by atoms with Crippen molar-refractivity contribution in [1.82, 2.24) is 15.2 Å². The van der Waals surface area contributed by atoms with Crippen molar-refractivity contribution in [2.24, 2.45) is 0 Å². The number of carbonyl (C=O) groups is 2. The minimum atomic E-state index is -2.96. The first kappa shape index (κ1) is 32.2. The molecular weight excluding hydrogens is 616 g/mol. The van der Waals surface area contributed by atoms with Crippen molar-refractivity contribution in [2.75, 3.05) is 42.6 Å². The third kappa shape index (κ3) is 7.19. The van der Waals surface area contributed by atoms with E-state index in [0.717, 1.165) is 17.0 Å². The van der Waals surface area contributed by atoms with Gasteiger partial charge in [-0.2, -0.15) is 5.26 Å². The molecule has 1 saturated carbocycles. The first-order valence-electron chi connectivity index (χ1n) is 14.2. The van der Waals surface area contributed by atoms with Gasteiger partial charge >= 0.3 is 0 Å². The third-order valence-electron chi connectivity index (χ3n) is 7.84. The van der Waals surface area contributed by atoms with E-state index in [9.17, 15) is 37.5 Å². The maximum Gasteiger partial charge on any atom is 0.252 e. The summed E-state index contributed by atoms with van der Waals surface area (Å²) >= 11 is 6.53. The van der Waals surface area contributed by atoms with E-state index in [1.165, 1.54) is 30.5 Å². The average molecular weight is 645 g/mol. The Bertz CT molecular complexity index is 1590. The zero-order valence-corrected chi connectivity index (χ0v) is 24.6. The molecule has 14 heteroatoms. The number of hydrogen-bond acceptors (Lipinski definition) is 7. The van der Waals surface area contributed by atoms with Gasteiger partial charge in [0.25, 0.3) is 11.8 Å². The number of benzene rings is 2. The average Bonchev–Trinajstić information content (AvgIpc) is 2.98. The first-order valence-corrected chi connectivity index (χ1v) is 14.6. The van der Waals surface area contributed by atoms with Crippen molar-refractivity contribution >= 4 is 34.9 Å². The van der Waals surface area contributed by atoms with Gasteiger partial charge in [-0.15, -0.1) is 0 Å². The van der Waals surface area contributed by atoms with E-state index in [-0.39, 0.29) is 53.9 Å². The molecule has 236 valence electrons. The molecule has 2 N–H and O–H groups in total. The van der Waals surface area contributed by atoms with E-state index in [1.807, 2.05) is 6.07 Å². The van der Waals surface area contributed by atoms with Gasteiger partial charge in [0.15, 0.2) is 0 Å². The molecule has 1 aliphatic carbocycles. The van der Waals surface area contributed by atoms with Crippen LogP contribution in [0.15, 0.2) is 60.8 Å². The van der Waals surface area contributed by atoms with Crippen LogP contribution in [0.1, 0.15) is 30.0 Å². The zero-order valence-electron chi connectivity index (χ0n) is 23.8. The number of rotatable bonds is 9. The number of amides is 2. The van der Waals surface area contributed by atoms with Gasteiger partial charge in [-0.25, -0.2) is 22.5 Å². The lowest BCUT2D eigenvalue weighted by Crippen LogP contribution is -2.62. The van der Waals surface area contributed by atoms with Gasteiger partial charge < -0.3 is 15.3 Å². The van der Waals surface area contributed by atoms with Crippen LogP contribution in [0.4, 0.5) is 29.1 Å². The molecule has 45 heavy (non-hydrogen) atoms. The van der Waals surface area contributed by atoms with Crippen LogP contribution < -0.4 is 15.1 Å². The van der Waals surface area contributed by atoms with Gasteiger partial charge in [0.2, 0.25) is 5.91 Å². The first-order chi connectivity index (χ1) is 21.5. The zero-order chi connectivity index (χ0) is 32.3. The van der Waals surface area contributed by atoms with Crippen LogP contribution in [0, 0.1) is 23.0 Å². The van der Waals surface area contributed by atoms with Crippen molar-refractivity contribution in [1.29, 1.82) is 5.26 Å². The number of hydrogen-bond donors (Lipinski definition) is 2. The van der Waals surface area contributed by atoms with Gasteiger partial charge in [-0.1, -0.05) is 29.8 Å². The van der Waals surface area contributed by atoms with E-state index >= 15 is 0 Å². The lowest BCUT2D eigenvalue weighted by molar-refractivity contribution is -0.133. The van der Waals surface area contributed by atoms with Crippen molar-refractivity contribution in [2.45, 2.75) is 36.9 Å². The molecule has 2 heterocycles. The maximum atomic E-state index is 14.8. The molecule has 1 aliphatic heterocycles. The highest BCUT2D eigenvalue weighted by atomic mass is 35.5. The van der Waals surface area contributed by atoms with Gasteiger partial charge in [0.05, 0.1) is 23.9 Å². The number of nitrogens with one attached hydrogen (secondary N) is 1. The molecule has 1 saturated heterocycles. The standard InChI is InChI=1S/C31H29ClF4N6O3/c32-25-4-2-1-3-24(25)28(29(44)39-22-15-31(35,36)16-22)42(23-13-20(33)12-21(34)14-23)30(45)26-18-40(9-10-43)7-8-41(26)27-11-19(17-37)5-6-38-27/h1-6,11-14,22,26,28,43H,7-10,15-16,18H2,(H,39,44)/t26-,28-/m0/s1. The monoisotopic (exact) mass is 644 g/mol. The van der Waals surface area contributed by atoms with E-state index in [4.69, 9.17) is 11.6 Å². The molecular formula is C31H29ClF4N6O3. The summed E-state index contributed by atoms with van der Waals surface area (Å²) in [4.78, 5) is 37.5. The van der Waals surface area contributed by atoms with Gasteiger partial charge in [0, 0.05) is 67.9 Å². The fourth-order valence-corrected chi connectivity index (χ4v) is 5.93. The molecule has 0 bridgehead atoms. The number of piperazine rings is 1. The summed E-state index contributed by atoms with van der Waals surface area (Å²) in [6, 6.07) is 9.82. The number of alkyl halides is 2. The van der Waals surface area contributed by atoms with Crippen LogP contribution in [0.3, 0.4) is 0 Å². The summed E-state index contributed by atoms with van der Waals surface area (Å²) in [5, 5.41) is 21.7. The summed E-state index contributed by atoms with van der Waals surface area (Å²) in [7, 11) is 0. The van der Waals surface area contributed by atoms with Gasteiger partial charge in [0.1, 0.15) is 29.5 Å². The molecule has 2 atom stereocenters. The number of aromatic nitrogens is 1. The number of aliphatic hydroxyl groups is 1. The lowest BCUT2D eigenvalue weighted by Gasteiger charge is -2.44. The minimum Gasteiger partial charge on any atom is -0.395 e. The predicted octanol–water partition coefficient (Wildman–Crippen LogP) is 4.06. The van der Waals surface area contributed by atoms with Crippen LogP contribution in [-0.2, 0) is 9.59 Å². The van der Waals surface area contributed by atoms with Crippen LogP contribution in [0.25, 0.3) is 0 Å². The largest absolute Gasteiger partial charge is 0.395 e. The Balaban J connectivity index is 1.64. The predicted molar refractivity (Wildman–Crippen MR) is 158 cm³/mol. The van der Waals surface area contributed by atoms with E-state index in [0.29, 0.717) is 12.6 Å². The molecule has 0 radical (unpaired) electrons. The summed E-state index contributed by atoms with van der Waals surface area (Å²) in [5.41, 5.74) is 0.0630. The lowest BCUT2D eigenvalue weighted by atomic mass is 9.87. The Morgan fingerprint density at radius 2 is 1.84 bits per heavy atom. The Labute approximate surface area is 261 Å². The van der Waals surface area contributed by atoms with Gasteiger partial charge in [-0.3, -0.25) is 19.4 Å². The van der Waals surface area contributed by atoms with Crippen LogP contribution in [0.5, 0.6) is 0 Å². The van der Waals surface area contributed by atoms with Gasteiger partial charge in [-0.05, 0) is 30.3 Å². The molecule has 2 amide bonds. The highest BCUT2D eigenvalue weighted by molar-refractivity contribution is 6.31. The molecule has 0 unspecified atom stereocenters. The molecule has 5 rings (SSSR count). The minimum absolute atomic E-state index is 0.0118. The molecule has 0 spiro atoms. The second-order valence-electron chi connectivity index (χ2n) is 11.0. The number of pyridine rings is 1. The second kappa shape index (κ2) is 13.4. The summed E-state index contributed by atoms with van der Waals surface area (Å²) in [5.74, 6) is -6.39. The van der Waals surface area contributed by atoms with Crippen LogP contribution in [-0.4, -0.2) is 77.6 Å². The van der Waals surface area contributed by atoms with E-state index < -0.39 is 60.3 Å². The fraction of sp³-hybridized carbons (Fsp3) is 0.355. The molecule has 9 nitrogen and oxygen atoms in total. The summed E-state index contributed by atoms with van der Waals surface area (Å²) < 4.78 is 56.8. The number of aliphatic hydroxyl groups excluding tert-OH is 1. The van der Waals surface area contributed by atoms with Crippen molar-refractivity contribution in [3.63, 3.8) is 0 Å². The third-order valence-corrected chi connectivity index (χ3v) is 8.18. The molecule has 2 fully saturated rings. The normalized spacial score (nSPS) is 18.9. The fourth-order valence-electron chi connectivity index (χ4n) is 5.69. The number of carbonyl (C=O) groups excluding carboxylic acids is 2.